The molecule has 2 rings (SSSR count). The van der Waals surface area contributed by atoms with Crippen molar-refractivity contribution < 1.29 is 4.74 Å². The summed E-state index contributed by atoms with van der Waals surface area (Å²) in [4.78, 5) is 0. The Morgan fingerprint density at radius 1 is 0.947 bits per heavy atom. The molecule has 2 heteroatoms. The highest BCUT2D eigenvalue weighted by atomic mass is 16.5. The van der Waals surface area contributed by atoms with Crippen LogP contribution in [0.3, 0.4) is 0 Å². The van der Waals surface area contributed by atoms with Crippen LogP contribution in [0.4, 0.5) is 0 Å². The Balaban J connectivity index is 2.39. The lowest BCUT2D eigenvalue weighted by molar-refractivity contribution is 0.468. The van der Waals surface area contributed by atoms with Gasteiger partial charge in [-0.3, -0.25) is 0 Å². The van der Waals surface area contributed by atoms with Crippen LogP contribution in [0.5, 0.6) is 11.5 Å². The number of ether oxygens (including phenoxy) is 1. The van der Waals surface area contributed by atoms with Gasteiger partial charge in [0.05, 0.1) is 0 Å². The van der Waals surface area contributed by atoms with Crippen molar-refractivity contribution in [3.05, 3.63) is 58.7 Å². The van der Waals surface area contributed by atoms with Crippen molar-refractivity contribution in [3.8, 4) is 11.5 Å². The molecule has 0 atom stereocenters. The summed E-state index contributed by atoms with van der Waals surface area (Å²) in [6, 6.07) is 12.3. The van der Waals surface area contributed by atoms with Gasteiger partial charge < -0.3 is 10.5 Å². The fourth-order valence-electron chi connectivity index (χ4n) is 2.16. The van der Waals surface area contributed by atoms with Crippen molar-refractivity contribution in [2.75, 3.05) is 6.54 Å². The molecular weight excluding hydrogens is 234 g/mol. The normalized spacial score (nSPS) is 10.5. The minimum Gasteiger partial charge on any atom is -0.457 e. The maximum Gasteiger partial charge on any atom is 0.133 e. The zero-order valence-electron chi connectivity index (χ0n) is 11.9. The third kappa shape index (κ3) is 2.96. The summed E-state index contributed by atoms with van der Waals surface area (Å²) >= 11 is 0. The molecule has 0 spiro atoms. The third-order valence-electron chi connectivity index (χ3n) is 3.47. The van der Waals surface area contributed by atoms with Crippen LogP contribution in [0, 0.1) is 20.8 Å². The lowest BCUT2D eigenvalue weighted by Gasteiger charge is -2.16. The Morgan fingerprint density at radius 2 is 1.63 bits per heavy atom. The Bertz CT molecular complexity index is 575. The lowest BCUT2D eigenvalue weighted by Crippen LogP contribution is -2.04. The highest BCUT2D eigenvalue weighted by Crippen LogP contribution is 2.32. The molecular formula is C17H21NO. The van der Waals surface area contributed by atoms with Crippen LogP contribution < -0.4 is 10.5 Å². The van der Waals surface area contributed by atoms with Crippen molar-refractivity contribution in [2.45, 2.75) is 27.2 Å². The van der Waals surface area contributed by atoms with Crippen molar-refractivity contribution in [1.82, 2.24) is 0 Å². The highest BCUT2D eigenvalue weighted by molar-refractivity contribution is 5.48. The molecule has 0 bridgehead atoms. The van der Waals surface area contributed by atoms with Crippen LogP contribution in [-0.2, 0) is 6.42 Å². The summed E-state index contributed by atoms with van der Waals surface area (Å²) in [5.74, 6) is 1.87. The average molecular weight is 255 g/mol. The van der Waals surface area contributed by atoms with Crippen LogP contribution in [0.2, 0.25) is 0 Å². The van der Waals surface area contributed by atoms with Crippen molar-refractivity contribution in [1.29, 1.82) is 0 Å². The number of para-hydroxylation sites is 1. The molecule has 2 aromatic carbocycles. The van der Waals surface area contributed by atoms with E-state index >= 15 is 0 Å². The van der Waals surface area contributed by atoms with Gasteiger partial charge >= 0.3 is 0 Å². The molecule has 100 valence electrons. The van der Waals surface area contributed by atoms with E-state index in [2.05, 4.69) is 39.0 Å². The molecule has 0 fully saturated rings. The molecule has 19 heavy (non-hydrogen) atoms. The second-order valence-corrected chi connectivity index (χ2v) is 4.90. The van der Waals surface area contributed by atoms with Gasteiger partial charge in [0.15, 0.2) is 0 Å². The second-order valence-electron chi connectivity index (χ2n) is 4.90. The molecule has 0 aliphatic carbocycles. The summed E-state index contributed by atoms with van der Waals surface area (Å²) in [5.41, 5.74) is 10.4. The van der Waals surface area contributed by atoms with Crippen LogP contribution in [0.1, 0.15) is 22.3 Å². The molecule has 2 aromatic rings. The van der Waals surface area contributed by atoms with E-state index in [9.17, 15) is 0 Å². The van der Waals surface area contributed by atoms with E-state index < -0.39 is 0 Å². The number of aryl methyl sites for hydroxylation is 2. The number of hydrogen-bond donors (Lipinski definition) is 1. The average Bonchev–Trinajstić information content (AvgIpc) is 2.41. The first kappa shape index (κ1) is 13.6. The van der Waals surface area contributed by atoms with Gasteiger partial charge in [-0.1, -0.05) is 30.3 Å². The van der Waals surface area contributed by atoms with Crippen LogP contribution in [0.15, 0.2) is 36.4 Å². The van der Waals surface area contributed by atoms with E-state index in [-0.39, 0.29) is 0 Å². The van der Waals surface area contributed by atoms with Gasteiger partial charge in [0, 0.05) is 0 Å². The number of rotatable bonds is 4. The van der Waals surface area contributed by atoms with Gasteiger partial charge in [0.1, 0.15) is 11.5 Å². The van der Waals surface area contributed by atoms with E-state index in [4.69, 9.17) is 10.5 Å². The fraction of sp³-hybridized carbons (Fsp3) is 0.294. The summed E-state index contributed by atoms with van der Waals surface area (Å²) in [6.45, 7) is 6.91. The second kappa shape index (κ2) is 5.89. The molecule has 2 N–H and O–H groups in total. The first-order valence-corrected chi connectivity index (χ1v) is 6.66. The zero-order chi connectivity index (χ0) is 13.8. The predicted molar refractivity (Wildman–Crippen MR) is 79.9 cm³/mol. The Morgan fingerprint density at radius 3 is 2.37 bits per heavy atom. The Labute approximate surface area is 115 Å². The maximum atomic E-state index is 6.15. The van der Waals surface area contributed by atoms with Gasteiger partial charge in [-0.25, -0.2) is 0 Å². The predicted octanol–water partition coefficient (Wildman–Crippen LogP) is 3.91. The molecule has 0 saturated carbocycles. The molecule has 0 saturated heterocycles. The van der Waals surface area contributed by atoms with Gasteiger partial charge in [-0.05, 0) is 62.1 Å². The summed E-state index contributed by atoms with van der Waals surface area (Å²) in [5, 5.41) is 0. The van der Waals surface area contributed by atoms with Crippen molar-refractivity contribution >= 4 is 0 Å². The van der Waals surface area contributed by atoms with Crippen LogP contribution in [0.25, 0.3) is 0 Å². The van der Waals surface area contributed by atoms with Crippen molar-refractivity contribution in [2.24, 2.45) is 5.73 Å². The van der Waals surface area contributed by atoms with E-state index in [1.165, 1.54) is 11.1 Å². The fourth-order valence-corrected chi connectivity index (χ4v) is 2.16. The summed E-state index contributed by atoms with van der Waals surface area (Å²) in [7, 11) is 0. The van der Waals surface area contributed by atoms with Crippen molar-refractivity contribution in [3.63, 3.8) is 0 Å². The minimum atomic E-state index is 0.631. The molecule has 0 aliphatic heterocycles. The minimum absolute atomic E-state index is 0.631. The maximum absolute atomic E-state index is 6.15. The molecule has 0 amide bonds. The topological polar surface area (TPSA) is 35.2 Å². The smallest absolute Gasteiger partial charge is 0.133 e. The lowest BCUT2D eigenvalue weighted by atomic mass is 10.0. The van der Waals surface area contributed by atoms with Gasteiger partial charge in [0.2, 0.25) is 0 Å². The summed E-state index contributed by atoms with van der Waals surface area (Å²) in [6.07, 6.45) is 0.833. The quantitative estimate of drug-likeness (QED) is 0.899. The molecule has 0 heterocycles. The SMILES string of the molecule is Cc1ccc(C)c(Oc2ccccc2CCN)c1C. The van der Waals surface area contributed by atoms with Crippen LogP contribution >= 0.6 is 0 Å². The van der Waals surface area contributed by atoms with E-state index in [1.807, 2.05) is 18.2 Å². The standard InChI is InChI=1S/C17H21NO/c1-12-8-9-13(2)17(14(12)3)19-16-7-5-4-6-15(16)10-11-18/h4-9H,10-11,18H2,1-3H3. The first-order valence-electron chi connectivity index (χ1n) is 6.66. The Hall–Kier alpha value is -1.80. The highest BCUT2D eigenvalue weighted by Gasteiger charge is 2.10. The Kier molecular flexibility index (Phi) is 4.23. The van der Waals surface area contributed by atoms with Gasteiger partial charge in [-0.2, -0.15) is 0 Å². The van der Waals surface area contributed by atoms with E-state index in [0.717, 1.165) is 29.0 Å². The molecule has 0 aliphatic rings. The summed E-state index contributed by atoms with van der Waals surface area (Å²) < 4.78 is 6.15. The van der Waals surface area contributed by atoms with E-state index in [0.29, 0.717) is 6.54 Å². The van der Waals surface area contributed by atoms with E-state index in [1.54, 1.807) is 0 Å². The van der Waals surface area contributed by atoms with Gasteiger partial charge in [0.25, 0.3) is 0 Å². The van der Waals surface area contributed by atoms with Gasteiger partial charge in [-0.15, -0.1) is 0 Å². The number of benzene rings is 2. The molecule has 2 nitrogen and oxygen atoms in total. The molecule has 0 radical (unpaired) electrons. The first-order chi connectivity index (χ1) is 9.13. The number of hydrogen-bond acceptors (Lipinski definition) is 2. The largest absolute Gasteiger partial charge is 0.457 e. The number of nitrogens with two attached hydrogens (primary N) is 1. The zero-order valence-corrected chi connectivity index (χ0v) is 11.9. The molecule has 0 unspecified atom stereocenters. The third-order valence-corrected chi connectivity index (χ3v) is 3.47. The van der Waals surface area contributed by atoms with Crippen LogP contribution in [-0.4, -0.2) is 6.54 Å². The molecule has 0 aromatic heterocycles. The monoisotopic (exact) mass is 255 g/mol.